The molecule has 4 heteroatoms. The molecule has 0 N–H and O–H groups in total. The maximum atomic E-state index is 8.26. The van der Waals surface area contributed by atoms with E-state index in [4.69, 9.17) is 23.2 Å². The first-order valence-corrected chi connectivity index (χ1v) is 17.3. The van der Waals surface area contributed by atoms with Crippen molar-refractivity contribution in [3.8, 4) is 0 Å². The summed E-state index contributed by atoms with van der Waals surface area (Å²) in [5, 5.41) is 4.95. The number of fused-ring (bicyclic) bond motifs is 4. The largest absolute Gasteiger partial charge is 0.119 e. The van der Waals surface area contributed by atoms with Crippen LogP contribution in [0.3, 0.4) is 0 Å². The van der Waals surface area contributed by atoms with Gasteiger partial charge in [0.15, 0.2) is 0 Å². The fourth-order valence-corrected chi connectivity index (χ4v) is 11.8. The molecule has 6 aromatic rings. The number of allylic oxidation sites excluding steroid dienone is 4. The van der Waals surface area contributed by atoms with Crippen LogP contribution in [0.4, 0.5) is 0 Å². The Balaban J connectivity index is 0.00000338. The molecule has 8 rings (SSSR count). The van der Waals surface area contributed by atoms with Crippen LogP contribution >= 0.6 is 23.2 Å². The zero-order valence-corrected chi connectivity index (χ0v) is 31.3. The van der Waals surface area contributed by atoms with Gasteiger partial charge in [0.25, 0.3) is 0 Å². The number of alkyl halides is 2. The second-order valence-electron chi connectivity index (χ2n) is 12.5. The van der Waals surface area contributed by atoms with Gasteiger partial charge >= 0.3 is 0 Å². The Labute approximate surface area is 303 Å². The van der Waals surface area contributed by atoms with Crippen molar-refractivity contribution in [2.24, 2.45) is 0 Å². The molecule has 0 aliphatic heterocycles. The van der Waals surface area contributed by atoms with Crippen molar-refractivity contribution in [3.05, 3.63) is 166 Å². The van der Waals surface area contributed by atoms with Gasteiger partial charge in [0.1, 0.15) is 9.52 Å². The van der Waals surface area contributed by atoms with E-state index in [1.165, 1.54) is 66.1 Å². The Morgan fingerprint density at radius 2 is 0.761 bits per heavy atom. The van der Waals surface area contributed by atoms with Crippen LogP contribution < -0.4 is 0 Å². The molecule has 2 aliphatic rings. The van der Waals surface area contributed by atoms with E-state index in [0.717, 1.165) is 22.3 Å². The summed E-state index contributed by atoms with van der Waals surface area (Å²) >= 11 is 16.5. The summed E-state index contributed by atoms with van der Waals surface area (Å²) in [6, 6.07) is 43.7. The van der Waals surface area contributed by atoms with Crippen LogP contribution in [0.1, 0.15) is 58.4 Å². The molecule has 0 spiro atoms. The summed E-state index contributed by atoms with van der Waals surface area (Å²) in [5.74, 6) is 0. The second kappa shape index (κ2) is 11.6. The third-order valence-corrected chi connectivity index (χ3v) is 13.1. The quantitative estimate of drug-likeness (QED) is 0.125. The number of benzene rings is 6. The molecule has 0 aromatic heterocycles. The Bertz CT molecular complexity index is 2120. The van der Waals surface area contributed by atoms with Gasteiger partial charge in [-0.15, -0.1) is 23.2 Å². The average Bonchev–Trinajstić information content (AvgIpc) is 3.41. The topological polar surface area (TPSA) is 0 Å². The van der Waals surface area contributed by atoms with Crippen molar-refractivity contribution >= 4 is 76.6 Å². The van der Waals surface area contributed by atoms with E-state index in [1.807, 2.05) is 0 Å². The van der Waals surface area contributed by atoms with Gasteiger partial charge in [0, 0.05) is 26.2 Å². The molecule has 46 heavy (non-hydrogen) atoms. The van der Waals surface area contributed by atoms with Gasteiger partial charge in [-0.2, -0.15) is 0 Å². The van der Waals surface area contributed by atoms with Gasteiger partial charge in [-0.1, -0.05) is 121 Å². The van der Waals surface area contributed by atoms with E-state index in [0.29, 0.717) is 0 Å². The monoisotopic (exact) mass is 724 g/mol. The van der Waals surface area contributed by atoms with Crippen molar-refractivity contribution in [2.45, 2.75) is 36.7 Å². The van der Waals surface area contributed by atoms with Gasteiger partial charge in [-0.3, -0.25) is 0 Å². The van der Waals surface area contributed by atoms with Gasteiger partial charge in [0.2, 0.25) is 0 Å². The summed E-state index contributed by atoms with van der Waals surface area (Å²) in [6.07, 6.45) is 0. The van der Waals surface area contributed by atoms with Crippen LogP contribution in [-0.2, 0) is 35.2 Å². The first-order chi connectivity index (χ1) is 21.7. The summed E-state index contributed by atoms with van der Waals surface area (Å²) in [5.41, 5.74) is 14.3. The Hall–Kier alpha value is -3.00. The molecular weight excluding hydrogens is 695 g/mol. The van der Waals surface area contributed by atoms with Crippen LogP contribution in [0, 0.1) is 13.8 Å². The number of rotatable bonds is 4. The smallest absolute Gasteiger partial charge is 0.113 e. The minimum Gasteiger partial charge on any atom is -0.113 e. The number of aryl methyl sites for hydroxylation is 2. The zero-order chi connectivity index (χ0) is 31.1. The van der Waals surface area contributed by atoms with Gasteiger partial charge in [-0.25, -0.2) is 0 Å². The third kappa shape index (κ3) is 4.48. The van der Waals surface area contributed by atoms with E-state index < -0.39 is 8.99 Å². The first-order valence-electron chi connectivity index (χ1n) is 15.5. The standard InChI is InChI=1S/C42H32Cl2Si.Zr/c1-25-21-23-35(33-17-7-5-13-29(25)33)39-27(3)31-15-9-11-19-37(31)41(39,43)45-42(44)38-20-12-10-16-32(38)28(4)40(42)36-24-22-26(2)30-14-6-8-18-34(30)36;/h5-24H,1-4H3;. The normalized spacial score (nSPS) is 20.3. The van der Waals surface area contributed by atoms with Crippen molar-refractivity contribution in [1.29, 1.82) is 0 Å². The van der Waals surface area contributed by atoms with Crippen LogP contribution in [0.2, 0.25) is 0 Å². The van der Waals surface area contributed by atoms with Crippen LogP contribution in [0.15, 0.2) is 121 Å². The Kier molecular flexibility index (Phi) is 7.97. The van der Waals surface area contributed by atoms with Gasteiger partial charge in [0.05, 0.1) is 8.99 Å². The molecule has 0 saturated heterocycles. The van der Waals surface area contributed by atoms with Crippen molar-refractivity contribution in [1.82, 2.24) is 0 Å². The molecule has 0 nitrogen and oxygen atoms in total. The van der Waals surface area contributed by atoms with Crippen LogP contribution in [0.25, 0.3) is 43.8 Å². The molecule has 2 unspecified atom stereocenters. The molecular formula is C42H32Cl2SiZr. The van der Waals surface area contributed by atoms with E-state index in [-0.39, 0.29) is 35.7 Å². The molecule has 0 bridgehead atoms. The van der Waals surface area contributed by atoms with Gasteiger partial charge < -0.3 is 0 Å². The maximum Gasteiger partial charge on any atom is 0.119 e. The van der Waals surface area contributed by atoms with Crippen molar-refractivity contribution < 1.29 is 26.2 Å². The predicted molar refractivity (Wildman–Crippen MR) is 196 cm³/mol. The molecule has 2 radical (unpaired) electrons. The fraction of sp³-hybridized carbons (Fsp3) is 0.143. The molecule has 2 aliphatic carbocycles. The molecule has 0 amide bonds. The Morgan fingerprint density at radius 1 is 0.413 bits per heavy atom. The molecule has 222 valence electrons. The average molecular weight is 727 g/mol. The van der Waals surface area contributed by atoms with Gasteiger partial charge in [-0.05, 0) is 116 Å². The summed E-state index contributed by atoms with van der Waals surface area (Å²) in [7, 11) is 0.115. The number of hydrogen-bond acceptors (Lipinski definition) is 0. The van der Waals surface area contributed by atoms with Crippen molar-refractivity contribution in [3.63, 3.8) is 0 Å². The zero-order valence-electron chi connectivity index (χ0n) is 26.3. The summed E-state index contributed by atoms with van der Waals surface area (Å²) < 4.78 is -1.69. The molecule has 0 fully saturated rings. The fourth-order valence-electron chi connectivity index (χ4n) is 7.88. The SMILES string of the molecule is CC1=C(c2ccc(C)c3ccccc23)C(Cl)([Si]C2(Cl)C(c3ccc(C)c4ccccc34)=C(C)c3ccccc32)c2ccccc21.[Zr]. The second-order valence-corrected chi connectivity index (χ2v) is 16.0. The third-order valence-electron chi connectivity index (χ3n) is 10.0. The number of halogens is 2. The van der Waals surface area contributed by atoms with Crippen LogP contribution in [-0.4, -0.2) is 9.52 Å². The molecule has 2 atom stereocenters. The van der Waals surface area contributed by atoms with E-state index in [2.05, 4.69) is 149 Å². The van der Waals surface area contributed by atoms with Crippen LogP contribution in [0.5, 0.6) is 0 Å². The Morgan fingerprint density at radius 3 is 1.17 bits per heavy atom. The maximum absolute atomic E-state index is 8.26. The predicted octanol–water partition coefficient (Wildman–Crippen LogP) is 11.7. The molecule has 0 saturated carbocycles. The van der Waals surface area contributed by atoms with Crippen molar-refractivity contribution in [2.75, 3.05) is 0 Å². The summed E-state index contributed by atoms with van der Waals surface area (Å²) in [4.78, 5) is 0. The molecule has 0 heterocycles. The minimum absolute atomic E-state index is 0. The van der Waals surface area contributed by atoms with E-state index in [9.17, 15) is 0 Å². The van der Waals surface area contributed by atoms with E-state index in [1.54, 1.807) is 0 Å². The minimum atomic E-state index is -0.843. The van der Waals surface area contributed by atoms with E-state index >= 15 is 0 Å². The first kappa shape index (κ1) is 31.6. The summed E-state index contributed by atoms with van der Waals surface area (Å²) in [6.45, 7) is 8.83. The number of hydrogen-bond donors (Lipinski definition) is 0. The molecule has 6 aromatic carbocycles.